The molecule has 40 valence electrons. The molecule has 1 heteroatoms. The van der Waals surface area contributed by atoms with Crippen LogP contribution in [0, 0.1) is 0 Å². The molecule has 0 aliphatic heterocycles. The molecule has 0 aliphatic carbocycles. The number of rotatable bonds is 3. The summed E-state index contributed by atoms with van der Waals surface area (Å²) in [5.74, 6) is 0. The van der Waals surface area contributed by atoms with Gasteiger partial charge in [-0.1, -0.05) is 12.2 Å². The number of hydrogen-bond acceptors (Lipinski definition) is 0. The predicted octanol–water partition coefficient (Wildman–Crippen LogP) is 2.36. The number of allylic oxidation sites excluding steroid dienone is 2. The molecule has 0 fully saturated rings. The monoisotopic (exact) mass is 116 g/mol. The smallest absolute Gasteiger partial charge is 0.0547 e. The van der Waals surface area contributed by atoms with Crippen LogP contribution in [-0.2, 0) is 0 Å². The van der Waals surface area contributed by atoms with Gasteiger partial charge >= 0.3 is 0 Å². The van der Waals surface area contributed by atoms with Crippen molar-refractivity contribution in [2.75, 3.05) is 0 Å². The normalized spacial score (nSPS) is 12.7. The van der Waals surface area contributed by atoms with Crippen LogP contribution in [-0.4, -0.2) is 5.38 Å². The molecule has 0 N–H and O–H groups in total. The average molecular weight is 117 g/mol. The molecule has 0 bridgehead atoms. The molecular weight excluding hydrogens is 108 g/mol. The van der Waals surface area contributed by atoms with E-state index in [1.807, 2.05) is 0 Å². The lowest BCUT2D eigenvalue weighted by Gasteiger charge is -1.92. The van der Waals surface area contributed by atoms with Crippen molar-refractivity contribution in [3.8, 4) is 0 Å². The Balaban J connectivity index is 3.15. The molecule has 0 aromatic rings. The highest BCUT2D eigenvalue weighted by Crippen LogP contribution is 2.01. The second-order valence-corrected chi connectivity index (χ2v) is 1.84. The first-order valence-electron chi connectivity index (χ1n) is 2.18. The standard InChI is InChI=1S/C6H9Cl/c1-3-5-6(7)4-2/h3-4,6H,1-2,5H2/t6-/m0/s1. The molecule has 0 aliphatic rings. The van der Waals surface area contributed by atoms with Crippen LogP contribution in [0.3, 0.4) is 0 Å². The van der Waals surface area contributed by atoms with Gasteiger partial charge in [-0.25, -0.2) is 0 Å². The Morgan fingerprint density at radius 1 is 1.57 bits per heavy atom. The zero-order valence-electron chi connectivity index (χ0n) is 4.23. The Kier molecular flexibility index (Phi) is 3.81. The van der Waals surface area contributed by atoms with Gasteiger partial charge in [0.2, 0.25) is 0 Å². The maximum atomic E-state index is 5.58. The van der Waals surface area contributed by atoms with Gasteiger partial charge in [-0.3, -0.25) is 0 Å². The third-order valence-corrected chi connectivity index (χ3v) is 1.00. The minimum absolute atomic E-state index is 0.0671. The molecule has 1 atom stereocenters. The SMILES string of the molecule is C=CC[C@@H](Cl)C=C. The largest absolute Gasteiger partial charge is 0.118 e. The molecule has 0 nitrogen and oxygen atoms in total. The first kappa shape index (κ1) is 6.77. The molecule has 0 heterocycles. The Morgan fingerprint density at radius 3 is 2.29 bits per heavy atom. The molecule has 0 saturated carbocycles. The lowest BCUT2D eigenvalue weighted by Crippen LogP contribution is -1.86. The molecule has 0 amide bonds. The molecule has 0 radical (unpaired) electrons. The quantitative estimate of drug-likeness (QED) is 0.392. The third kappa shape index (κ3) is 3.60. The summed E-state index contributed by atoms with van der Waals surface area (Å²) in [6, 6.07) is 0. The maximum absolute atomic E-state index is 5.58. The van der Waals surface area contributed by atoms with Gasteiger partial charge < -0.3 is 0 Å². The van der Waals surface area contributed by atoms with E-state index in [1.165, 1.54) is 0 Å². The van der Waals surface area contributed by atoms with Crippen molar-refractivity contribution in [3.63, 3.8) is 0 Å². The second-order valence-electron chi connectivity index (χ2n) is 1.28. The van der Waals surface area contributed by atoms with E-state index in [4.69, 9.17) is 11.6 Å². The van der Waals surface area contributed by atoms with Crippen LogP contribution in [0.4, 0.5) is 0 Å². The van der Waals surface area contributed by atoms with Crippen molar-refractivity contribution in [3.05, 3.63) is 25.3 Å². The molecule has 0 spiro atoms. The number of alkyl halides is 1. The van der Waals surface area contributed by atoms with Gasteiger partial charge in [0.05, 0.1) is 5.38 Å². The van der Waals surface area contributed by atoms with Crippen molar-refractivity contribution in [2.45, 2.75) is 11.8 Å². The predicted molar refractivity (Wildman–Crippen MR) is 34.7 cm³/mol. The van der Waals surface area contributed by atoms with Crippen molar-refractivity contribution >= 4 is 11.6 Å². The third-order valence-electron chi connectivity index (χ3n) is 0.648. The summed E-state index contributed by atoms with van der Waals surface area (Å²) in [7, 11) is 0. The highest BCUT2D eigenvalue weighted by Gasteiger charge is 1.89. The van der Waals surface area contributed by atoms with Crippen molar-refractivity contribution in [1.82, 2.24) is 0 Å². The van der Waals surface area contributed by atoms with E-state index in [-0.39, 0.29) is 5.38 Å². The highest BCUT2D eigenvalue weighted by atomic mass is 35.5. The van der Waals surface area contributed by atoms with Crippen LogP contribution < -0.4 is 0 Å². The van der Waals surface area contributed by atoms with Gasteiger partial charge in [-0.2, -0.15) is 0 Å². The van der Waals surface area contributed by atoms with Crippen LogP contribution in [0.25, 0.3) is 0 Å². The summed E-state index contributed by atoms with van der Waals surface area (Å²) in [6.45, 7) is 7.02. The van der Waals surface area contributed by atoms with Gasteiger partial charge in [0.25, 0.3) is 0 Å². The number of halogens is 1. The lowest BCUT2D eigenvalue weighted by atomic mass is 10.3. The second kappa shape index (κ2) is 3.94. The maximum Gasteiger partial charge on any atom is 0.0547 e. The molecule has 0 saturated heterocycles. The van der Waals surface area contributed by atoms with Crippen LogP contribution >= 0.6 is 11.6 Å². The van der Waals surface area contributed by atoms with E-state index in [1.54, 1.807) is 12.2 Å². The minimum atomic E-state index is 0.0671. The van der Waals surface area contributed by atoms with Gasteiger partial charge in [0.15, 0.2) is 0 Å². The van der Waals surface area contributed by atoms with Gasteiger partial charge in [-0.05, 0) is 6.42 Å². The van der Waals surface area contributed by atoms with E-state index < -0.39 is 0 Å². The first-order valence-corrected chi connectivity index (χ1v) is 2.62. The fourth-order valence-corrected chi connectivity index (χ4v) is 0.381. The van der Waals surface area contributed by atoms with Crippen molar-refractivity contribution in [2.24, 2.45) is 0 Å². The van der Waals surface area contributed by atoms with Crippen LogP contribution in [0.15, 0.2) is 25.3 Å². The first-order chi connectivity index (χ1) is 3.31. The van der Waals surface area contributed by atoms with Crippen LogP contribution in [0.2, 0.25) is 0 Å². The van der Waals surface area contributed by atoms with E-state index in [9.17, 15) is 0 Å². The zero-order valence-corrected chi connectivity index (χ0v) is 4.99. The fraction of sp³-hybridized carbons (Fsp3) is 0.333. The molecular formula is C6H9Cl. The highest BCUT2D eigenvalue weighted by molar-refractivity contribution is 6.21. The van der Waals surface area contributed by atoms with Crippen molar-refractivity contribution in [1.29, 1.82) is 0 Å². The summed E-state index contributed by atoms with van der Waals surface area (Å²) < 4.78 is 0. The molecule has 7 heavy (non-hydrogen) atoms. The summed E-state index contributed by atoms with van der Waals surface area (Å²) in [5, 5.41) is 0.0671. The molecule has 0 aromatic carbocycles. The average Bonchev–Trinajstić information content (AvgIpc) is 1.68. The zero-order chi connectivity index (χ0) is 5.70. The van der Waals surface area contributed by atoms with Crippen molar-refractivity contribution < 1.29 is 0 Å². The molecule has 0 aromatic heterocycles. The lowest BCUT2D eigenvalue weighted by molar-refractivity contribution is 1.07. The molecule has 0 rings (SSSR count). The van der Waals surface area contributed by atoms with E-state index >= 15 is 0 Å². The summed E-state index contributed by atoms with van der Waals surface area (Å²) in [6.07, 6.45) is 4.29. The summed E-state index contributed by atoms with van der Waals surface area (Å²) >= 11 is 5.58. The van der Waals surface area contributed by atoms with Gasteiger partial charge in [-0.15, -0.1) is 24.8 Å². The topological polar surface area (TPSA) is 0 Å². The summed E-state index contributed by atoms with van der Waals surface area (Å²) in [4.78, 5) is 0. The van der Waals surface area contributed by atoms with Crippen LogP contribution in [0.1, 0.15) is 6.42 Å². The Bertz CT molecular complexity index is 66.6. The Labute approximate surface area is 49.5 Å². The van der Waals surface area contributed by atoms with E-state index in [2.05, 4.69) is 13.2 Å². The number of hydrogen-bond donors (Lipinski definition) is 0. The summed E-state index contributed by atoms with van der Waals surface area (Å²) in [5.41, 5.74) is 0. The van der Waals surface area contributed by atoms with Gasteiger partial charge in [0.1, 0.15) is 0 Å². The van der Waals surface area contributed by atoms with E-state index in [0.29, 0.717) is 0 Å². The Morgan fingerprint density at radius 2 is 2.14 bits per heavy atom. The van der Waals surface area contributed by atoms with E-state index in [0.717, 1.165) is 6.42 Å². The minimum Gasteiger partial charge on any atom is -0.118 e. The molecule has 0 unspecified atom stereocenters. The van der Waals surface area contributed by atoms with Crippen LogP contribution in [0.5, 0.6) is 0 Å². The van der Waals surface area contributed by atoms with Gasteiger partial charge in [0, 0.05) is 0 Å². The fourth-order valence-electron chi connectivity index (χ4n) is 0.255. The Hall–Kier alpha value is -0.230.